The quantitative estimate of drug-likeness (QED) is 0.840. The second kappa shape index (κ2) is 6.02. The molecular formula is C15H19ClN2O2. The molecule has 0 saturated carbocycles. The van der Waals surface area contributed by atoms with Crippen LogP contribution >= 0.6 is 11.6 Å². The fourth-order valence-corrected chi connectivity index (χ4v) is 3.10. The van der Waals surface area contributed by atoms with Gasteiger partial charge in [0.15, 0.2) is 0 Å². The van der Waals surface area contributed by atoms with Crippen molar-refractivity contribution in [3.8, 4) is 0 Å². The Morgan fingerprint density at radius 3 is 2.45 bits per heavy atom. The van der Waals surface area contributed by atoms with E-state index in [2.05, 4.69) is 4.90 Å². The van der Waals surface area contributed by atoms with Crippen LogP contribution in [-0.2, 0) is 4.74 Å². The van der Waals surface area contributed by atoms with E-state index in [9.17, 15) is 4.79 Å². The van der Waals surface area contributed by atoms with E-state index >= 15 is 0 Å². The number of rotatable bonds is 2. The lowest BCUT2D eigenvalue weighted by molar-refractivity contribution is 0.0793. The van der Waals surface area contributed by atoms with Crippen LogP contribution in [0, 0.1) is 0 Å². The molecule has 0 bridgehead atoms. The van der Waals surface area contributed by atoms with Gasteiger partial charge in [0.2, 0.25) is 0 Å². The molecule has 2 fully saturated rings. The molecule has 0 unspecified atom stereocenters. The molecule has 0 spiro atoms. The average molecular weight is 295 g/mol. The van der Waals surface area contributed by atoms with Crippen molar-refractivity contribution >= 4 is 23.2 Å². The zero-order chi connectivity index (χ0) is 13.9. The molecular weight excluding hydrogens is 276 g/mol. The molecule has 0 aromatic heterocycles. The van der Waals surface area contributed by atoms with Crippen LogP contribution in [0.25, 0.3) is 0 Å². The predicted octanol–water partition coefficient (Wildman–Crippen LogP) is 2.41. The summed E-state index contributed by atoms with van der Waals surface area (Å²) in [6.45, 7) is 4.87. The summed E-state index contributed by atoms with van der Waals surface area (Å²) in [5.74, 6) is 0.0953. The summed E-state index contributed by atoms with van der Waals surface area (Å²) < 4.78 is 5.34. The normalized spacial score (nSPS) is 19.4. The lowest BCUT2D eigenvalue weighted by Crippen LogP contribution is -2.36. The molecule has 2 aliphatic heterocycles. The number of carbonyl (C=O) groups excluding carboxylic acids is 1. The molecule has 20 heavy (non-hydrogen) atoms. The standard InChI is InChI=1S/C15H19ClN2O2/c16-13-11-12(15(19)18-5-1-2-6-18)3-4-14(13)17-7-9-20-10-8-17/h3-4,11H,1-2,5-10H2. The number of morpholine rings is 1. The van der Waals surface area contributed by atoms with Crippen molar-refractivity contribution < 1.29 is 9.53 Å². The van der Waals surface area contributed by atoms with Gasteiger partial charge < -0.3 is 14.5 Å². The summed E-state index contributed by atoms with van der Waals surface area (Å²) >= 11 is 6.36. The molecule has 0 radical (unpaired) electrons. The number of nitrogens with zero attached hydrogens (tertiary/aromatic N) is 2. The maximum absolute atomic E-state index is 12.3. The summed E-state index contributed by atoms with van der Waals surface area (Å²) in [6, 6.07) is 5.64. The summed E-state index contributed by atoms with van der Waals surface area (Å²) in [5.41, 5.74) is 1.68. The molecule has 3 rings (SSSR count). The van der Waals surface area contributed by atoms with E-state index in [1.165, 1.54) is 0 Å². The Kier molecular flexibility index (Phi) is 4.13. The Hall–Kier alpha value is -1.26. The maximum Gasteiger partial charge on any atom is 0.253 e. The van der Waals surface area contributed by atoms with Gasteiger partial charge in [-0.15, -0.1) is 0 Å². The Morgan fingerprint density at radius 2 is 1.80 bits per heavy atom. The van der Waals surface area contributed by atoms with Gasteiger partial charge in [0.25, 0.3) is 5.91 Å². The number of ether oxygens (including phenoxy) is 1. The van der Waals surface area contributed by atoms with Crippen molar-refractivity contribution in [3.63, 3.8) is 0 Å². The highest BCUT2D eigenvalue weighted by atomic mass is 35.5. The van der Waals surface area contributed by atoms with Gasteiger partial charge in [-0.1, -0.05) is 11.6 Å². The van der Waals surface area contributed by atoms with Crippen molar-refractivity contribution in [2.75, 3.05) is 44.3 Å². The van der Waals surface area contributed by atoms with Crippen LogP contribution in [-0.4, -0.2) is 50.2 Å². The third kappa shape index (κ3) is 2.76. The zero-order valence-electron chi connectivity index (χ0n) is 11.5. The van der Waals surface area contributed by atoms with Crippen LogP contribution in [0.3, 0.4) is 0 Å². The summed E-state index contributed by atoms with van der Waals surface area (Å²) in [7, 11) is 0. The molecule has 2 saturated heterocycles. The minimum Gasteiger partial charge on any atom is -0.378 e. The van der Waals surface area contributed by atoms with E-state index in [4.69, 9.17) is 16.3 Å². The molecule has 1 aromatic rings. The molecule has 108 valence electrons. The highest BCUT2D eigenvalue weighted by Gasteiger charge is 2.21. The van der Waals surface area contributed by atoms with Gasteiger partial charge >= 0.3 is 0 Å². The second-order valence-corrected chi connectivity index (χ2v) is 5.67. The van der Waals surface area contributed by atoms with Gasteiger partial charge in [-0.05, 0) is 31.0 Å². The minimum atomic E-state index is 0.0953. The van der Waals surface area contributed by atoms with E-state index in [-0.39, 0.29) is 5.91 Å². The van der Waals surface area contributed by atoms with E-state index in [1.54, 1.807) is 6.07 Å². The maximum atomic E-state index is 12.3. The number of carbonyl (C=O) groups is 1. The molecule has 5 heteroatoms. The molecule has 2 aliphatic rings. The van der Waals surface area contributed by atoms with Gasteiger partial charge in [-0.3, -0.25) is 4.79 Å². The third-order valence-electron chi connectivity index (χ3n) is 3.94. The summed E-state index contributed by atoms with van der Waals surface area (Å²) in [6.07, 6.45) is 2.21. The first-order valence-electron chi connectivity index (χ1n) is 7.17. The minimum absolute atomic E-state index is 0.0953. The van der Waals surface area contributed by atoms with Crippen LogP contribution < -0.4 is 4.90 Å². The molecule has 0 atom stereocenters. The smallest absolute Gasteiger partial charge is 0.253 e. The number of benzene rings is 1. The fraction of sp³-hybridized carbons (Fsp3) is 0.533. The SMILES string of the molecule is O=C(c1ccc(N2CCOCC2)c(Cl)c1)N1CCCC1. The van der Waals surface area contributed by atoms with E-state index in [0.717, 1.165) is 57.9 Å². The molecule has 2 heterocycles. The molecule has 1 aromatic carbocycles. The number of anilines is 1. The Balaban J connectivity index is 1.77. The first-order valence-corrected chi connectivity index (χ1v) is 7.55. The first-order chi connectivity index (χ1) is 9.75. The predicted molar refractivity (Wildman–Crippen MR) is 79.6 cm³/mol. The van der Waals surface area contributed by atoms with Crippen molar-refractivity contribution in [3.05, 3.63) is 28.8 Å². The third-order valence-corrected chi connectivity index (χ3v) is 4.24. The largest absolute Gasteiger partial charge is 0.378 e. The Morgan fingerprint density at radius 1 is 1.10 bits per heavy atom. The number of hydrogen-bond acceptors (Lipinski definition) is 3. The highest BCUT2D eigenvalue weighted by Crippen LogP contribution is 2.28. The van der Waals surface area contributed by atoms with Crippen LogP contribution in [0.15, 0.2) is 18.2 Å². The summed E-state index contributed by atoms with van der Waals surface area (Å²) in [5, 5.41) is 0.650. The lowest BCUT2D eigenvalue weighted by atomic mass is 10.1. The Labute approximate surface area is 124 Å². The van der Waals surface area contributed by atoms with Gasteiger partial charge in [0, 0.05) is 31.7 Å². The van der Waals surface area contributed by atoms with E-state index in [0.29, 0.717) is 10.6 Å². The van der Waals surface area contributed by atoms with Gasteiger partial charge in [0.1, 0.15) is 0 Å². The van der Waals surface area contributed by atoms with Crippen molar-refractivity contribution in [1.82, 2.24) is 4.90 Å². The van der Waals surface area contributed by atoms with Crippen molar-refractivity contribution in [1.29, 1.82) is 0 Å². The van der Waals surface area contributed by atoms with Gasteiger partial charge in [0.05, 0.1) is 23.9 Å². The molecule has 0 N–H and O–H groups in total. The van der Waals surface area contributed by atoms with Crippen LogP contribution in [0.2, 0.25) is 5.02 Å². The van der Waals surface area contributed by atoms with Gasteiger partial charge in [-0.2, -0.15) is 0 Å². The highest BCUT2D eigenvalue weighted by molar-refractivity contribution is 6.33. The Bertz CT molecular complexity index is 495. The number of amides is 1. The molecule has 0 aliphatic carbocycles. The zero-order valence-corrected chi connectivity index (χ0v) is 12.2. The molecule has 4 nitrogen and oxygen atoms in total. The van der Waals surface area contributed by atoms with E-state index in [1.807, 2.05) is 17.0 Å². The fourth-order valence-electron chi connectivity index (χ4n) is 2.80. The number of hydrogen-bond donors (Lipinski definition) is 0. The van der Waals surface area contributed by atoms with Crippen LogP contribution in [0.5, 0.6) is 0 Å². The summed E-state index contributed by atoms with van der Waals surface area (Å²) in [4.78, 5) is 16.4. The molecule has 1 amide bonds. The second-order valence-electron chi connectivity index (χ2n) is 5.26. The van der Waals surface area contributed by atoms with Gasteiger partial charge in [-0.25, -0.2) is 0 Å². The van der Waals surface area contributed by atoms with Crippen LogP contribution in [0.1, 0.15) is 23.2 Å². The van der Waals surface area contributed by atoms with Crippen LogP contribution in [0.4, 0.5) is 5.69 Å². The topological polar surface area (TPSA) is 32.8 Å². The number of likely N-dealkylation sites (tertiary alicyclic amines) is 1. The van der Waals surface area contributed by atoms with E-state index < -0.39 is 0 Å². The monoisotopic (exact) mass is 294 g/mol. The lowest BCUT2D eigenvalue weighted by Gasteiger charge is -2.29. The first kappa shape index (κ1) is 13.7. The number of halogens is 1. The van der Waals surface area contributed by atoms with Crippen molar-refractivity contribution in [2.24, 2.45) is 0 Å². The van der Waals surface area contributed by atoms with Crippen molar-refractivity contribution in [2.45, 2.75) is 12.8 Å². The average Bonchev–Trinajstić information content (AvgIpc) is 3.01.